The maximum Gasteiger partial charge on any atom is 0.322 e. The molecule has 0 spiro atoms. The Bertz CT molecular complexity index is 819. The van der Waals surface area contributed by atoms with Gasteiger partial charge in [-0.25, -0.2) is 0 Å². The van der Waals surface area contributed by atoms with Gasteiger partial charge in [-0.2, -0.15) is 0 Å². The van der Waals surface area contributed by atoms with Crippen molar-refractivity contribution < 1.29 is 24.2 Å². The molecule has 0 heterocycles. The van der Waals surface area contributed by atoms with E-state index in [0.29, 0.717) is 12.8 Å². The topological polar surface area (TPSA) is 92.7 Å². The normalized spacial score (nSPS) is 12.4. The van der Waals surface area contributed by atoms with Crippen molar-refractivity contribution in [2.45, 2.75) is 200 Å². The summed E-state index contributed by atoms with van der Waals surface area (Å²) < 4.78 is 5.91. The zero-order valence-corrected chi connectivity index (χ0v) is 30.6. The molecule has 0 bridgehead atoms. The molecule has 1 amide bonds. The van der Waals surface area contributed by atoms with Crippen molar-refractivity contribution in [3.05, 3.63) is 36.5 Å². The number of ether oxygens (including phenoxy) is 1. The zero-order valence-electron chi connectivity index (χ0n) is 30.6. The maximum absolute atomic E-state index is 12.6. The van der Waals surface area contributed by atoms with E-state index in [2.05, 4.69) is 55.6 Å². The van der Waals surface area contributed by atoms with Crippen LogP contribution < -0.4 is 5.32 Å². The van der Waals surface area contributed by atoms with Gasteiger partial charge in [0.25, 0.3) is 0 Å². The molecule has 0 fully saturated rings. The van der Waals surface area contributed by atoms with Crippen LogP contribution in [0.4, 0.5) is 0 Å². The van der Waals surface area contributed by atoms with Gasteiger partial charge in [-0.05, 0) is 76.7 Å². The van der Waals surface area contributed by atoms with Crippen LogP contribution in [0.2, 0.25) is 0 Å². The van der Waals surface area contributed by atoms with Crippen molar-refractivity contribution in [1.29, 1.82) is 0 Å². The van der Waals surface area contributed by atoms with E-state index in [1.165, 1.54) is 96.3 Å². The van der Waals surface area contributed by atoms with Gasteiger partial charge < -0.3 is 15.2 Å². The van der Waals surface area contributed by atoms with Crippen LogP contribution in [0.5, 0.6) is 0 Å². The molecule has 0 aliphatic rings. The molecule has 0 aliphatic carbocycles. The summed E-state index contributed by atoms with van der Waals surface area (Å²) in [7, 11) is 0. The van der Waals surface area contributed by atoms with Crippen LogP contribution in [0.1, 0.15) is 194 Å². The number of amides is 1. The predicted molar refractivity (Wildman–Crippen MR) is 199 cm³/mol. The molecule has 1 atom stereocenters. The zero-order chi connectivity index (χ0) is 34.5. The Labute approximate surface area is 289 Å². The Morgan fingerprint density at radius 1 is 0.574 bits per heavy atom. The Morgan fingerprint density at radius 2 is 1.04 bits per heavy atom. The maximum atomic E-state index is 12.6. The van der Waals surface area contributed by atoms with Gasteiger partial charge in [0.2, 0.25) is 5.91 Å². The van der Waals surface area contributed by atoms with Gasteiger partial charge in [-0.1, -0.05) is 141 Å². The minimum Gasteiger partial charge on any atom is -0.480 e. The number of hydrogen-bond acceptors (Lipinski definition) is 4. The average molecular weight is 660 g/mol. The Morgan fingerprint density at radius 3 is 1.62 bits per heavy atom. The van der Waals surface area contributed by atoms with Crippen molar-refractivity contribution in [3.63, 3.8) is 0 Å². The SMILES string of the molecule is CCCCCC/C=C\C/C=C\C(CCCCCCCCC(=O)NCC(=O)O)OC(=O)CCCCCCC/C=C\CCCCCCCC. The van der Waals surface area contributed by atoms with Gasteiger partial charge in [0.1, 0.15) is 12.6 Å². The van der Waals surface area contributed by atoms with Crippen molar-refractivity contribution in [2.75, 3.05) is 6.54 Å². The number of hydrogen-bond donors (Lipinski definition) is 2. The summed E-state index contributed by atoms with van der Waals surface area (Å²) in [5.74, 6) is -1.30. The van der Waals surface area contributed by atoms with Gasteiger partial charge in [0.05, 0.1) is 0 Å². The lowest BCUT2D eigenvalue weighted by atomic mass is 10.1. The second-order valence-corrected chi connectivity index (χ2v) is 13.2. The lowest BCUT2D eigenvalue weighted by Crippen LogP contribution is -2.28. The van der Waals surface area contributed by atoms with Crippen molar-refractivity contribution in [2.24, 2.45) is 0 Å². The molecule has 6 nitrogen and oxygen atoms in total. The Kier molecular flexibility index (Phi) is 34.6. The molecule has 0 radical (unpaired) electrons. The average Bonchev–Trinajstić information content (AvgIpc) is 3.05. The molecular weight excluding hydrogens is 586 g/mol. The van der Waals surface area contributed by atoms with Crippen LogP contribution >= 0.6 is 0 Å². The number of carbonyl (C=O) groups is 3. The molecule has 0 aliphatic heterocycles. The van der Waals surface area contributed by atoms with E-state index in [1.54, 1.807) is 0 Å². The Balaban J connectivity index is 4.21. The fourth-order valence-electron chi connectivity index (χ4n) is 5.58. The third-order valence-corrected chi connectivity index (χ3v) is 8.52. The van der Waals surface area contributed by atoms with E-state index in [1.807, 2.05) is 0 Å². The fraction of sp³-hybridized carbons (Fsp3) is 0.780. The number of carboxylic acid groups (broad SMARTS) is 1. The minimum absolute atomic E-state index is 0.0788. The molecular formula is C41H73NO5. The first-order chi connectivity index (χ1) is 23.0. The van der Waals surface area contributed by atoms with Gasteiger partial charge in [0.15, 0.2) is 0 Å². The van der Waals surface area contributed by atoms with Crippen LogP contribution in [-0.2, 0) is 19.1 Å². The number of nitrogens with one attached hydrogen (secondary N) is 1. The second kappa shape index (κ2) is 36.5. The summed E-state index contributed by atoms with van der Waals surface area (Å²) in [6.45, 7) is 4.19. The number of aliphatic carboxylic acids is 1. The number of esters is 1. The monoisotopic (exact) mass is 660 g/mol. The Hall–Kier alpha value is -2.37. The number of unbranched alkanes of at least 4 members (excludes halogenated alkanes) is 20. The van der Waals surface area contributed by atoms with Crippen LogP contribution in [-0.4, -0.2) is 35.6 Å². The van der Waals surface area contributed by atoms with Crippen molar-refractivity contribution in [3.8, 4) is 0 Å². The van der Waals surface area contributed by atoms with Gasteiger partial charge >= 0.3 is 11.9 Å². The smallest absolute Gasteiger partial charge is 0.322 e. The highest BCUT2D eigenvalue weighted by Crippen LogP contribution is 2.15. The second-order valence-electron chi connectivity index (χ2n) is 13.2. The van der Waals surface area contributed by atoms with Gasteiger partial charge in [-0.3, -0.25) is 14.4 Å². The highest BCUT2D eigenvalue weighted by molar-refractivity contribution is 5.80. The summed E-state index contributed by atoms with van der Waals surface area (Å²) in [6, 6.07) is 0. The van der Waals surface area contributed by atoms with Gasteiger partial charge in [-0.15, -0.1) is 0 Å². The molecule has 2 N–H and O–H groups in total. The van der Waals surface area contributed by atoms with E-state index in [9.17, 15) is 14.4 Å². The quantitative estimate of drug-likeness (QED) is 0.0401. The first-order valence-corrected chi connectivity index (χ1v) is 19.6. The van der Waals surface area contributed by atoms with E-state index in [4.69, 9.17) is 9.84 Å². The van der Waals surface area contributed by atoms with Crippen LogP contribution in [0, 0.1) is 0 Å². The summed E-state index contributed by atoms with van der Waals surface area (Å²) in [6.07, 6.45) is 44.2. The highest BCUT2D eigenvalue weighted by atomic mass is 16.5. The molecule has 272 valence electrons. The molecule has 0 saturated carbocycles. The molecule has 6 heteroatoms. The lowest BCUT2D eigenvalue weighted by molar-refractivity contribution is -0.147. The number of carbonyl (C=O) groups excluding carboxylic acids is 2. The molecule has 0 aromatic carbocycles. The van der Waals surface area contributed by atoms with E-state index in [0.717, 1.165) is 70.6 Å². The highest BCUT2D eigenvalue weighted by Gasteiger charge is 2.11. The summed E-state index contributed by atoms with van der Waals surface area (Å²) in [5.41, 5.74) is 0. The van der Waals surface area contributed by atoms with E-state index < -0.39 is 5.97 Å². The van der Waals surface area contributed by atoms with Crippen molar-refractivity contribution in [1.82, 2.24) is 5.32 Å². The van der Waals surface area contributed by atoms with E-state index in [-0.39, 0.29) is 24.5 Å². The minimum atomic E-state index is -1.02. The molecule has 1 unspecified atom stereocenters. The largest absolute Gasteiger partial charge is 0.480 e. The fourth-order valence-corrected chi connectivity index (χ4v) is 5.58. The first-order valence-electron chi connectivity index (χ1n) is 19.6. The number of allylic oxidation sites excluding steroid dienone is 5. The molecule has 47 heavy (non-hydrogen) atoms. The third kappa shape index (κ3) is 36.3. The van der Waals surface area contributed by atoms with Crippen LogP contribution in [0.3, 0.4) is 0 Å². The standard InChI is InChI=1S/C41H73NO5/c1-3-5-7-9-11-13-14-15-16-17-18-20-22-28-32-36-41(46)47-38(33-29-25-21-19-12-10-8-6-4-2)34-30-26-23-24-27-31-35-39(43)42-37-40(44)45/h15-16,19,21,29,33,38H,3-14,17-18,20,22-28,30-32,34-37H2,1-2H3,(H,42,43)(H,44,45)/b16-15-,21-19-,33-29-. The third-order valence-electron chi connectivity index (χ3n) is 8.52. The first kappa shape index (κ1) is 44.6. The summed E-state index contributed by atoms with van der Waals surface area (Å²) in [4.78, 5) is 34.8. The lowest BCUT2D eigenvalue weighted by Gasteiger charge is -2.14. The van der Waals surface area contributed by atoms with Crippen molar-refractivity contribution >= 4 is 17.8 Å². The van der Waals surface area contributed by atoms with E-state index >= 15 is 0 Å². The molecule has 0 saturated heterocycles. The van der Waals surface area contributed by atoms with Crippen LogP contribution in [0.15, 0.2) is 36.5 Å². The number of carboxylic acids is 1. The molecule has 0 aromatic rings. The molecule has 0 aromatic heterocycles. The summed E-state index contributed by atoms with van der Waals surface area (Å²) in [5, 5.41) is 11.0. The summed E-state index contributed by atoms with van der Waals surface area (Å²) >= 11 is 0. The van der Waals surface area contributed by atoms with Gasteiger partial charge in [0, 0.05) is 12.8 Å². The predicted octanol–water partition coefficient (Wildman–Crippen LogP) is 11.7. The number of rotatable bonds is 35. The van der Waals surface area contributed by atoms with Crippen LogP contribution in [0.25, 0.3) is 0 Å². The molecule has 0 rings (SSSR count).